The van der Waals surface area contributed by atoms with Gasteiger partial charge >= 0.3 is 0 Å². The monoisotopic (exact) mass is 467 g/mol. The van der Waals surface area contributed by atoms with Crippen molar-refractivity contribution in [3.05, 3.63) is 51.7 Å². The molecule has 1 N–H and O–H groups in total. The molecule has 4 rings (SSSR count). The first-order valence-corrected chi connectivity index (χ1v) is 11.7. The maximum atomic E-state index is 12.9. The first-order chi connectivity index (χ1) is 16.4. The minimum absolute atomic E-state index is 0.188. The second kappa shape index (κ2) is 10.5. The third-order valence-corrected chi connectivity index (χ3v) is 6.31. The first kappa shape index (κ1) is 24.1. The Balaban J connectivity index is 1.57. The molecule has 3 aromatic rings. The number of aliphatic hydroxyl groups is 1. The number of hydrogen-bond donors (Lipinski definition) is 1. The number of fused-ring (bicyclic) bond motifs is 1. The molecule has 0 unspecified atom stereocenters. The third kappa shape index (κ3) is 5.21. The number of benzene rings is 2. The van der Waals surface area contributed by atoms with Crippen molar-refractivity contribution in [2.24, 2.45) is 0 Å². The Hall–Kier alpha value is -3.03. The summed E-state index contributed by atoms with van der Waals surface area (Å²) in [7, 11) is 3.06. The lowest BCUT2D eigenvalue weighted by atomic mass is 10.0. The molecule has 0 bridgehead atoms. The Bertz CT molecular complexity index is 1190. The number of rotatable bonds is 8. The van der Waals surface area contributed by atoms with Crippen LogP contribution in [-0.4, -0.2) is 56.6 Å². The van der Waals surface area contributed by atoms with Crippen LogP contribution in [0.4, 0.5) is 0 Å². The van der Waals surface area contributed by atoms with Crippen LogP contribution in [0.5, 0.6) is 17.2 Å². The number of aryl methyl sites for hydroxylation is 2. The molecule has 0 saturated carbocycles. The van der Waals surface area contributed by atoms with Gasteiger partial charge in [0.2, 0.25) is 0 Å². The van der Waals surface area contributed by atoms with Gasteiger partial charge in [0.15, 0.2) is 5.43 Å². The van der Waals surface area contributed by atoms with Gasteiger partial charge in [-0.2, -0.15) is 0 Å². The highest BCUT2D eigenvalue weighted by atomic mass is 16.5. The number of methoxy groups -OCH3 is 2. The summed E-state index contributed by atoms with van der Waals surface area (Å²) in [4.78, 5) is 15.2. The quantitative estimate of drug-likeness (QED) is 0.528. The van der Waals surface area contributed by atoms with Gasteiger partial charge in [-0.1, -0.05) is 6.42 Å². The lowest BCUT2D eigenvalue weighted by Crippen LogP contribution is -2.38. The second-order valence-corrected chi connectivity index (χ2v) is 8.94. The van der Waals surface area contributed by atoms with Crippen LogP contribution >= 0.6 is 0 Å². The van der Waals surface area contributed by atoms with Gasteiger partial charge in [0, 0.05) is 30.3 Å². The third-order valence-electron chi connectivity index (χ3n) is 6.31. The summed E-state index contributed by atoms with van der Waals surface area (Å²) in [6.45, 7) is 6.85. The number of hydrogen-bond acceptors (Lipinski definition) is 7. The Morgan fingerprint density at radius 3 is 2.35 bits per heavy atom. The molecule has 182 valence electrons. The molecular weight excluding hydrogens is 434 g/mol. The van der Waals surface area contributed by atoms with E-state index in [1.807, 2.05) is 26.0 Å². The number of nitrogens with zero attached hydrogens (tertiary/aromatic N) is 1. The summed E-state index contributed by atoms with van der Waals surface area (Å²) >= 11 is 0. The maximum absolute atomic E-state index is 12.9. The zero-order chi connectivity index (χ0) is 24.2. The van der Waals surface area contributed by atoms with Crippen molar-refractivity contribution in [1.29, 1.82) is 0 Å². The highest BCUT2D eigenvalue weighted by Crippen LogP contribution is 2.34. The van der Waals surface area contributed by atoms with E-state index in [9.17, 15) is 9.90 Å². The fourth-order valence-electron chi connectivity index (χ4n) is 4.64. The second-order valence-electron chi connectivity index (χ2n) is 8.94. The fourth-order valence-corrected chi connectivity index (χ4v) is 4.64. The van der Waals surface area contributed by atoms with Crippen LogP contribution in [-0.2, 0) is 0 Å². The van der Waals surface area contributed by atoms with Crippen LogP contribution in [0.3, 0.4) is 0 Å². The van der Waals surface area contributed by atoms with Gasteiger partial charge in [-0.3, -0.25) is 4.79 Å². The summed E-state index contributed by atoms with van der Waals surface area (Å²) in [5.74, 6) is 2.15. The van der Waals surface area contributed by atoms with Gasteiger partial charge in [0.05, 0.1) is 14.2 Å². The van der Waals surface area contributed by atoms with Crippen LogP contribution in [0.15, 0.2) is 39.5 Å². The van der Waals surface area contributed by atoms with E-state index in [2.05, 4.69) is 4.90 Å². The van der Waals surface area contributed by atoms with Crippen LogP contribution in [0, 0.1) is 13.8 Å². The maximum Gasteiger partial charge on any atom is 0.197 e. The number of aliphatic hydroxyl groups excluding tert-OH is 1. The van der Waals surface area contributed by atoms with Crippen LogP contribution in [0.2, 0.25) is 0 Å². The lowest BCUT2D eigenvalue weighted by Gasteiger charge is -2.28. The molecule has 1 fully saturated rings. The summed E-state index contributed by atoms with van der Waals surface area (Å²) in [5.41, 5.74) is 2.80. The van der Waals surface area contributed by atoms with Gasteiger partial charge in [0.1, 0.15) is 46.7 Å². The summed E-state index contributed by atoms with van der Waals surface area (Å²) < 4.78 is 22.8. The van der Waals surface area contributed by atoms with Crippen LogP contribution < -0.4 is 19.6 Å². The Kier molecular flexibility index (Phi) is 7.44. The van der Waals surface area contributed by atoms with E-state index in [-0.39, 0.29) is 12.0 Å². The number of β-amino-alcohol motifs (C(OH)–C–C–N with tert-alkyl or cyclic N) is 1. The molecule has 7 heteroatoms. The van der Waals surface area contributed by atoms with E-state index >= 15 is 0 Å². The van der Waals surface area contributed by atoms with Crippen molar-refractivity contribution in [1.82, 2.24) is 4.90 Å². The molecule has 0 radical (unpaired) electrons. The number of ether oxygens (including phenoxy) is 3. The van der Waals surface area contributed by atoms with Gasteiger partial charge < -0.3 is 28.6 Å². The standard InChI is InChI=1S/C27H33NO6/c1-17-10-19(11-18(2)27(17)33-16-20(29)15-28-8-6-5-7-9-28)23-14-22(30)26-24(32-4)12-21(31-3)13-25(26)34-23/h10-14,20,29H,5-9,15-16H2,1-4H3/t20-/m0/s1. The molecular formula is C27H33NO6. The van der Waals surface area contributed by atoms with Crippen LogP contribution in [0.25, 0.3) is 22.3 Å². The van der Waals surface area contributed by atoms with E-state index in [0.717, 1.165) is 35.5 Å². The predicted molar refractivity (Wildman–Crippen MR) is 132 cm³/mol. The number of likely N-dealkylation sites (tertiary alicyclic amines) is 1. The molecule has 0 spiro atoms. The lowest BCUT2D eigenvalue weighted by molar-refractivity contribution is 0.0613. The highest BCUT2D eigenvalue weighted by molar-refractivity contribution is 5.86. The molecule has 1 aliphatic rings. The molecule has 2 heterocycles. The van der Waals surface area contributed by atoms with E-state index in [0.29, 0.717) is 34.8 Å². The van der Waals surface area contributed by atoms with E-state index in [4.69, 9.17) is 18.6 Å². The van der Waals surface area contributed by atoms with Crippen molar-refractivity contribution < 1.29 is 23.7 Å². The predicted octanol–water partition coefficient (Wildman–Crippen LogP) is 4.32. The van der Waals surface area contributed by atoms with Crippen molar-refractivity contribution in [2.45, 2.75) is 39.2 Å². The number of piperidine rings is 1. The van der Waals surface area contributed by atoms with Crippen molar-refractivity contribution >= 4 is 11.0 Å². The SMILES string of the molecule is COc1cc(OC)c2c(=O)cc(-c3cc(C)c(OC[C@@H](O)CN4CCCCC4)c(C)c3)oc2c1. The van der Waals surface area contributed by atoms with Gasteiger partial charge in [-0.15, -0.1) is 0 Å². The Morgan fingerprint density at radius 2 is 1.71 bits per heavy atom. The highest BCUT2D eigenvalue weighted by Gasteiger charge is 2.18. The molecule has 1 atom stereocenters. The minimum atomic E-state index is -0.542. The molecule has 7 nitrogen and oxygen atoms in total. The summed E-state index contributed by atoms with van der Waals surface area (Å²) in [6.07, 6.45) is 3.11. The Morgan fingerprint density at radius 1 is 1.00 bits per heavy atom. The van der Waals surface area contributed by atoms with E-state index in [1.165, 1.54) is 32.4 Å². The normalized spacial score (nSPS) is 15.3. The summed E-state index contributed by atoms with van der Waals surface area (Å²) in [6, 6.07) is 8.69. The molecule has 2 aromatic carbocycles. The molecule has 1 saturated heterocycles. The zero-order valence-electron chi connectivity index (χ0n) is 20.3. The van der Waals surface area contributed by atoms with E-state index < -0.39 is 6.10 Å². The minimum Gasteiger partial charge on any atom is -0.496 e. The smallest absolute Gasteiger partial charge is 0.197 e. The largest absolute Gasteiger partial charge is 0.496 e. The molecule has 0 amide bonds. The molecule has 1 aliphatic heterocycles. The van der Waals surface area contributed by atoms with E-state index in [1.54, 1.807) is 19.2 Å². The molecule has 0 aliphatic carbocycles. The van der Waals surface area contributed by atoms with Gasteiger partial charge in [0.25, 0.3) is 0 Å². The molecule has 1 aromatic heterocycles. The fraction of sp³-hybridized carbons (Fsp3) is 0.444. The van der Waals surface area contributed by atoms with Crippen molar-refractivity contribution in [3.8, 4) is 28.6 Å². The average molecular weight is 468 g/mol. The average Bonchev–Trinajstić information content (AvgIpc) is 2.83. The van der Waals surface area contributed by atoms with Gasteiger partial charge in [-0.05, 0) is 63.0 Å². The van der Waals surface area contributed by atoms with Crippen molar-refractivity contribution in [3.63, 3.8) is 0 Å². The summed E-state index contributed by atoms with van der Waals surface area (Å²) in [5, 5.41) is 10.8. The first-order valence-electron chi connectivity index (χ1n) is 11.7. The topological polar surface area (TPSA) is 81.4 Å². The molecule has 34 heavy (non-hydrogen) atoms. The van der Waals surface area contributed by atoms with Crippen LogP contribution in [0.1, 0.15) is 30.4 Å². The van der Waals surface area contributed by atoms with Crippen molar-refractivity contribution in [2.75, 3.05) is 40.5 Å². The zero-order valence-corrected chi connectivity index (χ0v) is 20.3. The van der Waals surface area contributed by atoms with Gasteiger partial charge in [-0.25, -0.2) is 0 Å². The Labute approximate surface area is 199 Å².